The van der Waals surface area contributed by atoms with Crippen LogP contribution < -0.4 is 5.32 Å². The Morgan fingerprint density at radius 3 is 1.94 bits per heavy atom. The van der Waals surface area contributed by atoms with E-state index in [1.54, 1.807) is 37.5 Å². The summed E-state index contributed by atoms with van der Waals surface area (Å²) in [4.78, 5) is 19.8. The summed E-state index contributed by atoms with van der Waals surface area (Å²) in [6, 6.07) is 4.83. The maximum atomic E-state index is 14.1. The van der Waals surface area contributed by atoms with E-state index >= 15 is 0 Å². The first kappa shape index (κ1) is 44.3. The smallest absolute Gasteiger partial charge is 0.257 e. The standard InChI is InChI=1S/C21H22FN3O.C11H16F2O.C4H10.2C2H6/c1-4-20(14(3)15-5-6-15)25-21-23-11-18(12-24-21)16-7-8-17(9-13(2)26)19(22)10-16;1-8(2)7-9(14-4)11(5-6-11)10(3,12)13;1-3-4-2;2*1-2/h4,7-8,10-12,15H,3,5-6,9H2,1-2H3,(H,23,24,25);7H,1,5-6H2,2-4H3;3-4H2,1-2H3;2*1-2H3/b20-4+;9-7-;;;. The molecular formula is C40H60F3N3O2. The number of allylic oxidation sites excluding steroid dienone is 5. The molecule has 0 bridgehead atoms. The second-order valence-electron chi connectivity index (χ2n) is 11.6. The van der Waals surface area contributed by atoms with Crippen molar-refractivity contribution in [3.63, 3.8) is 0 Å². The summed E-state index contributed by atoms with van der Waals surface area (Å²) in [5.41, 5.74) is 3.49. The van der Waals surface area contributed by atoms with Crippen LogP contribution in [0.5, 0.6) is 0 Å². The van der Waals surface area contributed by atoms with Gasteiger partial charge < -0.3 is 10.1 Å². The molecule has 0 radical (unpaired) electrons. The van der Waals surface area contributed by atoms with Crippen molar-refractivity contribution in [1.82, 2.24) is 9.97 Å². The van der Waals surface area contributed by atoms with Gasteiger partial charge in [0, 0.05) is 37.0 Å². The summed E-state index contributed by atoms with van der Waals surface area (Å²) in [5.74, 6) is -1.77. The number of benzene rings is 1. The number of alkyl halides is 2. The zero-order valence-electron chi connectivity index (χ0n) is 31.3. The van der Waals surface area contributed by atoms with Crippen LogP contribution in [-0.2, 0) is 16.0 Å². The number of aromatic nitrogens is 2. The quantitative estimate of drug-likeness (QED) is 0.180. The second kappa shape index (κ2) is 22.0. The molecule has 1 N–H and O–H groups in total. The van der Waals surface area contributed by atoms with Crippen LogP contribution in [-0.4, -0.2) is 28.8 Å². The lowest BCUT2D eigenvalue weighted by atomic mass is 9.95. The fourth-order valence-electron chi connectivity index (χ4n) is 4.43. The molecule has 0 atom stereocenters. The SMILES string of the molecule is C=C(/C(=C\C)Nc1ncc(-c2ccc(CC(C)=O)c(F)c2)cn1)C1CC1.C=C(C)/C=C(\OC)C1(C(C)(F)F)CC1.CC.CC.CCCC. The minimum Gasteiger partial charge on any atom is -0.500 e. The molecule has 2 aliphatic carbocycles. The summed E-state index contributed by atoms with van der Waals surface area (Å²) < 4.78 is 45.8. The molecule has 0 unspecified atom stereocenters. The van der Waals surface area contributed by atoms with Gasteiger partial charge in [-0.3, -0.25) is 4.79 Å². The third kappa shape index (κ3) is 14.2. The Morgan fingerprint density at radius 1 is 1.04 bits per heavy atom. The van der Waals surface area contributed by atoms with Gasteiger partial charge in [0.1, 0.15) is 17.4 Å². The number of anilines is 1. The highest BCUT2D eigenvalue weighted by molar-refractivity contribution is 5.78. The average molecular weight is 672 g/mol. The number of hydrogen-bond acceptors (Lipinski definition) is 5. The van der Waals surface area contributed by atoms with Crippen LogP contribution in [0, 0.1) is 17.2 Å². The van der Waals surface area contributed by atoms with Crippen LogP contribution in [0.2, 0.25) is 0 Å². The van der Waals surface area contributed by atoms with Crippen molar-refractivity contribution in [3.8, 4) is 11.1 Å². The van der Waals surface area contributed by atoms with Gasteiger partial charge in [-0.1, -0.05) is 91.3 Å². The van der Waals surface area contributed by atoms with Crippen molar-refractivity contribution in [3.05, 3.63) is 89.9 Å². The van der Waals surface area contributed by atoms with Crippen molar-refractivity contribution in [2.24, 2.45) is 11.3 Å². The number of nitrogens with one attached hydrogen (secondary N) is 1. The Kier molecular flexibility index (Phi) is 20.4. The largest absolute Gasteiger partial charge is 0.500 e. The first-order valence-corrected chi connectivity index (χ1v) is 17.2. The molecule has 0 aliphatic heterocycles. The Bertz CT molecular complexity index is 1350. The van der Waals surface area contributed by atoms with Crippen LogP contribution >= 0.6 is 0 Å². The van der Waals surface area contributed by atoms with Crippen molar-refractivity contribution in [2.45, 2.75) is 120 Å². The van der Waals surface area contributed by atoms with Crippen molar-refractivity contribution in [2.75, 3.05) is 12.4 Å². The second-order valence-corrected chi connectivity index (χ2v) is 11.6. The molecule has 1 heterocycles. The minimum atomic E-state index is -2.72. The fourth-order valence-corrected chi connectivity index (χ4v) is 4.43. The van der Waals surface area contributed by atoms with Gasteiger partial charge in [0.05, 0.1) is 12.5 Å². The van der Waals surface area contributed by atoms with Gasteiger partial charge in [-0.2, -0.15) is 0 Å². The molecule has 8 heteroatoms. The number of ketones is 1. The van der Waals surface area contributed by atoms with E-state index in [9.17, 15) is 18.0 Å². The van der Waals surface area contributed by atoms with E-state index < -0.39 is 17.2 Å². The molecule has 0 saturated heterocycles. The molecule has 1 aromatic heterocycles. The molecular weight excluding hydrogens is 611 g/mol. The van der Waals surface area contributed by atoms with Gasteiger partial charge in [0.15, 0.2) is 0 Å². The number of carbonyl (C=O) groups excluding carboxylic acids is 1. The Labute approximate surface area is 288 Å². The molecule has 5 nitrogen and oxygen atoms in total. The predicted octanol–water partition coefficient (Wildman–Crippen LogP) is 12.1. The summed E-state index contributed by atoms with van der Waals surface area (Å²) >= 11 is 0. The number of methoxy groups -OCH3 is 1. The molecule has 0 spiro atoms. The summed E-state index contributed by atoms with van der Waals surface area (Å²) in [7, 11) is 1.43. The van der Waals surface area contributed by atoms with Gasteiger partial charge in [0.2, 0.25) is 5.95 Å². The molecule has 48 heavy (non-hydrogen) atoms. The normalized spacial score (nSPS) is 14.5. The van der Waals surface area contributed by atoms with Gasteiger partial charge in [-0.15, -0.1) is 0 Å². The third-order valence-corrected chi connectivity index (χ3v) is 7.59. The van der Waals surface area contributed by atoms with Gasteiger partial charge >= 0.3 is 0 Å². The van der Waals surface area contributed by atoms with E-state index in [-0.39, 0.29) is 12.2 Å². The van der Waals surface area contributed by atoms with Crippen molar-refractivity contribution < 1.29 is 22.7 Å². The highest BCUT2D eigenvalue weighted by Crippen LogP contribution is 2.61. The summed E-state index contributed by atoms with van der Waals surface area (Å²) in [6.07, 6.45) is 13.0. The van der Waals surface area contributed by atoms with Crippen molar-refractivity contribution >= 4 is 11.7 Å². The van der Waals surface area contributed by atoms with Crippen molar-refractivity contribution in [1.29, 1.82) is 0 Å². The van der Waals surface area contributed by atoms with Crippen LogP contribution in [0.3, 0.4) is 0 Å². The first-order valence-electron chi connectivity index (χ1n) is 17.2. The lowest BCUT2D eigenvalue weighted by molar-refractivity contribution is -0.116. The van der Waals surface area contributed by atoms with E-state index in [2.05, 4.69) is 42.3 Å². The molecule has 2 saturated carbocycles. The van der Waals surface area contributed by atoms with E-state index in [1.807, 2.05) is 40.7 Å². The predicted molar refractivity (Wildman–Crippen MR) is 197 cm³/mol. The Morgan fingerprint density at radius 2 is 1.58 bits per heavy atom. The topological polar surface area (TPSA) is 64.1 Å². The molecule has 2 fully saturated rings. The lowest BCUT2D eigenvalue weighted by Gasteiger charge is -2.24. The maximum Gasteiger partial charge on any atom is 0.257 e. The monoisotopic (exact) mass is 671 g/mol. The summed E-state index contributed by atoms with van der Waals surface area (Å²) in [5, 5.41) is 3.20. The Hall–Kier alpha value is -3.68. The van der Waals surface area contributed by atoms with E-state index in [1.165, 1.54) is 45.8 Å². The van der Waals surface area contributed by atoms with Crippen LogP contribution in [0.25, 0.3) is 11.1 Å². The van der Waals surface area contributed by atoms with Gasteiger partial charge in [0.25, 0.3) is 5.92 Å². The summed E-state index contributed by atoms with van der Waals surface area (Å²) in [6.45, 7) is 26.3. The molecule has 2 aliphatic rings. The van der Waals surface area contributed by atoms with Crippen LogP contribution in [0.4, 0.5) is 19.1 Å². The number of carbonyl (C=O) groups is 1. The zero-order chi connectivity index (χ0) is 37.1. The molecule has 4 rings (SSSR count). The van der Waals surface area contributed by atoms with Gasteiger partial charge in [-0.25, -0.2) is 23.1 Å². The highest BCUT2D eigenvalue weighted by atomic mass is 19.3. The van der Waals surface area contributed by atoms with E-state index in [0.717, 1.165) is 23.8 Å². The number of halogens is 3. The maximum absolute atomic E-state index is 14.1. The van der Waals surface area contributed by atoms with E-state index in [4.69, 9.17) is 4.74 Å². The molecule has 1 aromatic carbocycles. The number of ether oxygens (including phenoxy) is 1. The minimum absolute atomic E-state index is 0.0667. The Balaban J connectivity index is 0.000000844. The number of Topliss-reactive ketones (excluding diaryl/α,β-unsaturated/α-hetero) is 1. The van der Waals surface area contributed by atoms with Crippen LogP contribution in [0.1, 0.15) is 113 Å². The van der Waals surface area contributed by atoms with E-state index in [0.29, 0.717) is 47.2 Å². The van der Waals surface area contributed by atoms with Gasteiger partial charge in [-0.05, 0) is 81.2 Å². The first-order chi connectivity index (χ1) is 22.7. The third-order valence-electron chi connectivity index (χ3n) is 7.59. The highest BCUT2D eigenvalue weighted by Gasteiger charge is 2.62. The molecule has 268 valence electrons. The number of rotatable bonds is 12. The molecule has 2 aromatic rings. The zero-order valence-corrected chi connectivity index (χ0v) is 31.3. The molecule has 0 amide bonds. The number of hydrogen-bond donors (Lipinski definition) is 1. The number of unbranched alkanes of at least 4 members (excludes halogenated alkanes) is 1. The average Bonchev–Trinajstić information content (AvgIpc) is 4.00. The lowest BCUT2D eigenvalue weighted by Crippen LogP contribution is -2.28. The fraction of sp³-hybridized carbons (Fsp3) is 0.525. The number of nitrogens with zero attached hydrogens (tertiary/aromatic N) is 2. The van der Waals surface area contributed by atoms with Crippen LogP contribution in [0.15, 0.2) is 78.5 Å².